The number of amides is 2. The van der Waals surface area contributed by atoms with Gasteiger partial charge >= 0.3 is 12.2 Å². The number of hydrogen-bond donors (Lipinski definition) is 3. The smallest absolute Gasteiger partial charge is 0.399 e. The highest BCUT2D eigenvalue weighted by Gasteiger charge is 2.30. The molecular formula is C15H11F3N4O. The third-order valence-corrected chi connectivity index (χ3v) is 2.79. The van der Waals surface area contributed by atoms with Gasteiger partial charge in [-0.25, -0.2) is 4.79 Å². The van der Waals surface area contributed by atoms with Crippen molar-refractivity contribution in [1.29, 1.82) is 5.26 Å². The number of alkyl halides is 3. The van der Waals surface area contributed by atoms with Gasteiger partial charge in [-0.15, -0.1) is 0 Å². The monoisotopic (exact) mass is 320 g/mol. The zero-order valence-corrected chi connectivity index (χ0v) is 11.6. The average molecular weight is 320 g/mol. The van der Waals surface area contributed by atoms with Crippen LogP contribution in [0.25, 0.3) is 0 Å². The largest absolute Gasteiger partial charge is 0.416 e. The highest BCUT2D eigenvalue weighted by atomic mass is 19.4. The molecule has 5 nitrogen and oxygen atoms in total. The van der Waals surface area contributed by atoms with Gasteiger partial charge in [0.1, 0.15) is 0 Å². The number of nitriles is 1. The van der Waals surface area contributed by atoms with Gasteiger partial charge in [0.15, 0.2) is 0 Å². The van der Waals surface area contributed by atoms with E-state index < -0.39 is 17.8 Å². The SMILES string of the molecule is N#Cc1cc(N)cc(NC(=O)Nc2cccc(C(F)(F)F)c2)c1. The fourth-order valence-corrected chi connectivity index (χ4v) is 1.86. The van der Waals surface area contributed by atoms with Crippen LogP contribution in [0.15, 0.2) is 42.5 Å². The van der Waals surface area contributed by atoms with E-state index in [0.29, 0.717) is 0 Å². The number of urea groups is 1. The van der Waals surface area contributed by atoms with Crippen LogP contribution in [0.2, 0.25) is 0 Å². The number of carbonyl (C=O) groups is 1. The standard InChI is InChI=1S/C15H11F3N4O/c16-15(17,18)10-2-1-3-12(6-10)21-14(23)22-13-5-9(8-19)4-11(20)7-13/h1-7H,20H2,(H2,21,22,23). The molecule has 23 heavy (non-hydrogen) atoms. The van der Waals surface area contributed by atoms with Crippen LogP contribution in [0.3, 0.4) is 0 Å². The van der Waals surface area contributed by atoms with E-state index >= 15 is 0 Å². The lowest BCUT2D eigenvalue weighted by molar-refractivity contribution is -0.137. The Hall–Kier alpha value is -3.21. The Labute approximate surface area is 129 Å². The third-order valence-electron chi connectivity index (χ3n) is 2.79. The molecule has 0 atom stereocenters. The van der Waals surface area contributed by atoms with Crippen LogP contribution < -0.4 is 16.4 Å². The molecule has 0 unspecified atom stereocenters. The fourth-order valence-electron chi connectivity index (χ4n) is 1.86. The number of carbonyl (C=O) groups excluding carboxylic acids is 1. The summed E-state index contributed by atoms with van der Waals surface area (Å²) in [5.41, 5.74) is 5.48. The Kier molecular flexibility index (Phi) is 4.41. The molecule has 2 amide bonds. The molecule has 4 N–H and O–H groups in total. The molecule has 2 aromatic carbocycles. The van der Waals surface area contributed by atoms with Crippen LogP contribution >= 0.6 is 0 Å². The van der Waals surface area contributed by atoms with Gasteiger partial charge in [0, 0.05) is 17.1 Å². The number of nitrogen functional groups attached to an aromatic ring is 1. The lowest BCUT2D eigenvalue weighted by Crippen LogP contribution is -2.20. The Bertz CT molecular complexity index is 781. The Morgan fingerprint density at radius 2 is 1.78 bits per heavy atom. The second kappa shape index (κ2) is 6.27. The van der Waals surface area contributed by atoms with Crippen molar-refractivity contribution in [3.8, 4) is 6.07 Å². The summed E-state index contributed by atoms with van der Waals surface area (Å²) in [4.78, 5) is 11.8. The maximum Gasteiger partial charge on any atom is 0.416 e. The van der Waals surface area contributed by atoms with Crippen molar-refractivity contribution in [2.75, 3.05) is 16.4 Å². The molecule has 118 valence electrons. The van der Waals surface area contributed by atoms with Gasteiger partial charge in [0.05, 0.1) is 17.2 Å². The quantitative estimate of drug-likeness (QED) is 0.735. The van der Waals surface area contributed by atoms with Crippen LogP contribution in [-0.2, 0) is 6.18 Å². The summed E-state index contributed by atoms with van der Waals surface area (Å²) in [6, 6.07) is 9.61. The molecule has 0 radical (unpaired) electrons. The Morgan fingerprint density at radius 3 is 2.43 bits per heavy atom. The molecule has 0 aliphatic heterocycles. The van der Waals surface area contributed by atoms with Crippen molar-refractivity contribution < 1.29 is 18.0 Å². The summed E-state index contributed by atoms with van der Waals surface area (Å²) < 4.78 is 37.8. The van der Waals surface area contributed by atoms with Crippen molar-refractivity contribution >= 4 is 23.1 Å². The molecule has 0 aliphatic carbocycles. The van der Waals surface area contributed by atoms with E-state index in [1.165, 1.54) is 30.3 Å². The summed E-state index contributed by atoms with van der Waals surface area (Å²) >= 11 is 0. The second-order valence-electron chi connectivity index (χ2n) is 4.61. The summed E-state index contributed by atoms with van der Waals surface area (Å²) in [6.07, 6.45) is -4.50. The van der Waals surface area contributed by atoms with E-state index in [1.54, 1.807) is 0 Å². The molecular weight excluding hydrogens is 309 g/mol. The molecule has 0 aromatic heterocycles. The molecule has 0 saturated carbocycles. The first-order chi connectivity index (χ1) is 10.8. The van der Waals surface area contributed by atoms with E-state index in [1.807, 2.05) is 6.07 Å². The first kappa shape index (κ1) is 16.2. The summed E-state index contributed by atoms with van der Waals surface area (Å²) in [7, 11) is 0. The lowest BCUT2D eigenvalue weighted by atomic mass is 10.2. The predicted octanol–water partition coefficient (Wildman–Crippen LogP) is 3.80. The van der Waals surface area contributed by atoms with E-state index in [2.05, 4.69) is 10.6 Å². The molecule has 0 saturated heterocycles. The van der Waals surface area contributed by atoms with Gasteiger partial charge in [-0.05, 0) is 36.4 Å². The third kappa shape index (κ3) is 4.38. The van der Waals surface area contributed by atoms with E-state index in [4.69, 9.17) is 11.0 Å². The number of nitrogens with one attached hydrogen (secondary N) is 2. The van der Waals surface area contributed by atoms with Gasteiger partial charge in [-0.3, -0.25) is 0 Å². The zero-order chi connectivity index (χ0) is 17.0. The van der Waals surface area contributed by atoms with Crippen molar-refractivity contribution in [1.82, 2.24) is 0 Å². The number of hydrogen-bond acceptors (Lipinski definition) is 3. The van der Waals surface area contributed by atoms with Crippen LogP contribution in [0.4, 0.5) is 35.0 Å². The molecule has 0 bridgehead atoms. The topological polar surface area (TPSA) is 90.9 Å². The van der Waals surface area contributed by atoms with E-state index in [-0.39, 0.29) is 22.6 Å². The molecule has 2 aromatic rings. The number of rotatable bonds is 2. The fraction of sp³-hybridized carbons (Fsp3) is 0.0667. The first-order valence-corrected chi connectivity index (χ1v) is 6.34. The van der Waals surface area contributed by atoms with Crippen LogP contribution in [0.5, 0.6) is 0 Å². The van der Waals surface area contributed by atoms with Crippen molar-refractivity contribution in [3.63, 3.8) is 0 Å². The lowest BCUT2D eigenvalue weighted by Gasteiger charge is -2.11. The minimum Gasteiger partial charge on any atom is -0.399 e. The molecule has 0 heterocycles. The molecule has 0 fully saturated rings. The number of anilines is 3. The summed E-state index contributed by atoms with van der Waals surface area (Å²) in [6.45, 7) is 0. The molecule has 8 heteroatoms. The maximum absolute atomic E-state index is 12.6. The molecule has 2 rings (SSSR count). The number of nitrogens with zero attached hydrogens (tertiary/aromatic N) is 1. The number of halogens is 3. The van der Waals surface area contributed by atoms with Crippen molar-refractivity contribution in [3.05, 3.63) is 53.6 Å². The average Bonchev–Trinajstić information content (AvgIpc) is 2.45. The normalized spacial score (nSPS) is 10.7. The van der Waals surface area contributed by atoms with E-state index in [0.717, 1.165) is 12.1 Å². The van der Waals surface area contributed by atoms with Crippen LogP contribution in [0.1, 0.15) is 11.1 Å². The van der Waals surface area contributed by atoms with Gasteiger partial charge in [0.25, 0.3) is 0 Å². The van der Waals surface area contributed by atoms with E-state index in [9.17, 15) is 18.0 Å². The molecule has 0 spiro atoms. The second-order valence-corrected chi connectivity index (χ2v) is 4.61. The summed E-state index contributed by atoms with van der Waals surface area (Å²) in [5, 5.41) is 13.5. The highest BCUT2D eigenvalue weighted by Crippen LogP contribution is 2.30. The minimum absolute atomic E-state index is 0.0123. The number of benzene rings is 2. The zero-order valence-electron chi connectivity index (χ0n) is 11.6. The Balaban J connectivity index is 2.11. The first-order valence-electron chi connectivity index (χ1n) is 6.34. The van der Waals surface area contributed by atoms with Crippen LogP contribution in [0, 0.1) is 11.3 Å². The number of nitrogens with two attached hydrogens (primary N) is 1. The minimum atomic E-state index is -4.50. The summed E-state index contributed by atoms with van der Waals surface area (Å²) in [5.74, 6) is 0. The van der Waals surface area contributed by atoms with Gasteiger partial charge in [0.2, 0.25) is 0 Å². The van der Waals surface area contributed by atoms with Gasteiger partial charge < -0.3 is 16.4 Å². The Morgan fingerprint density at radius 1 is 1.09 bits per heavy atom. The van der Waals surface area contributed by atoms with Crippen molar-refractivity contribution in [2.45, 2.75) is 6.18 Å². The highest BCUT2D eigenvalue weighted by molar-refractivity contribution is 6.00. The predicted molar refractivity (Wildman–Crippen MR) is 79.7 cm³/mol. The van der Waals surface area contributed by atoms with Crippen molar-refractivity contribution in [2.24, 2.45) is 0 Å². The van der Waals surface area contributed by atoms with Gasteiger partial charge in [-0.1, -0.05) is 6.07 Å². The molecule has 0 aliphatic rings. The van der Waals surface area contributed by atoms with Gasteiger partial charge in [-0.2, -0.15) is 18.4 Å². The van der Waals surface area contributed by atoms with Crippen LogP contribution in [-0.4, -0.2) is 6.03 Å². The maximum atomic E-state index is 12.6.